The highest BCUT2D eigenvalue weighted by Gasteiger charge is 2.19. The van der Waals surface area contributed by atoms with E-state index in [9.17, 15) is 8.78 Å². The van der Waals surface area contributed by atoms with E-state index in [1.54, 1.807) is 12.3 Å². The number of aromatic nitrogens is 2. The van der Waals surface area contributed by atoms with Crippen LogP contribution in [-0.4, -0.2) is 16.1 Å². The van der Waals surface area contributed by atoms with Gasteiger partial charge < -0.3 is 9.88 Å². The molecule has 2 rings (SSSR count). The molecule has 0 saturated carbocycles. The van der Waals surface area contributed by atoms with Gasteiger partial charge in [0, 0.05) is 30.4 Å². The van der Waals surface area contributed by atoms with Gasteiger partial charge in [0.15, 0.2) is 11.6 Å². The Hall–Kier alpha value is -1.75. The van der Waals surface area contributed by atoms with Crippen LogP contribution in [0.25, 0.3) is 0 Å². The van der Waals surface area contributed by atoms with Crippen LogP contribution in [0.1, 0.15) is 44.1 Å². The molecule has 0 saturated heterocycles. The van der Waals surface area contributed by atoms with Crippen LogP contribution in [0.2, 0.25) is 0 Å². The van der Waals surface area contributed by atoms with Crippen molar-refractivity contribution in [2.75, 3.05) is 6.54 Å². The molecule has 0 amide bonds. The van der Waals surface area contributed by atoms with Gasteiger partial charge in [-0.25, -0.2) is 13.8 Å². The lowest BCUT2D eigenvalue weighted by molar-refractivity contribution is 0.425. The third-order valence-corrected chi connectivity index (χ3v) is 3.45. The Morgan fingerprint density at radius 2 is 2.05 bits per heavy atom. The van der Waals surface area contributed by atoms with Crippen LogP contribution in [0, 0.1) is 11.6 Å². The second-order valence-electron chi connectivity index (χ2n) is 5.35. The molecule has 1 aromatic carbocycles. The summed E-state index contributed by atoms with van der Waals surface area (Å²) in [5, 5.41) is 3.22. The number of rotatable bonds is 6. The van der Waals surface area contributed by atoms with Gasteiger partial charge in [-0.15, -0.1) is 0 Å². The molecule has 0 radical (unpaired) electrons. The summed E-state index contributed by atoms with van der Waals surface area (Å²) >= 11 is 0. The molecule has 1 heterocycles. The third-order valence-electron chi connectivity index (χ3n) is 3.45. The number of hydrogen-bond donors (Lipinski definition) is 1. The van der Waals surface area contributed by atoms with Crippen LogP contribution in [0.3, 0.4) is 0 Å². The first-order chi connectivity index (χ1) is 10.0. The third kappa shape index (κ3) is 3.47. The lowest BCUT2D eigenvalue weighted by Gasteiger charge is -2.21. The Balaban J connectivity index is 2.31. The summed E-state index contributed by atoms with van der Waals surface area (Å²) in [5.74, 6) is -0.380. The predicted molar refractivity (Wildman–Crippen MR) is 79.1 cm³/mol. The normalized spacial score (nSPS) is 12.9. The lowest BCUT2D eigenvalue weighted by atomic mass is 10.1. The van der Waals surface area contributed by atoms with E-state index in [-0.39, 0.29) is 12.0 Å². The summed E-state index contributed by atoms with van der Waals surface area (Å²) in [7, 11) is 0. The monoisotopic (exact) mass is 293 g/mol. The van der Waals surface area contributed by atoms with Gasteiger partial charge in [-0.2, -0.15) is 0 Å². The molecule has 0 aliphatic heterocycles. The van der Waals surface area contributed by atoms with Crippen molar-refractivity contribution in [1.82, 2.24) is 14.9 Å². The van der Waals surface area contributed by atoms with Crippen LogP contribution in [0.15, 0.2) is 30.6 Å². The van der Waals surface area contributed by atoms with Crippen molar-refractivity contribution in [2.24, 2.45) is 0 Å². The largest absolute Gasteiger partial charge is 0.333 e. The minimum absolute atomic E-state index is 0.277. The highest BCUT2D eigenvalue weighted by Crippen LogP contribution is 2.22. The molecule has 21 heavy (non-hydrogen) atoms. The summed E-state index contributed by atoms with van der Waals surface area (Å²) in [4.78, 5) is 4.33. The van der Waals surface area contributed by atoms with Crippen molar-refractivity contribution in [1.29, 1.82) is 0 Å². The van der Waals surface area contributed by atoms with E-state index in [0.717, 1.165) is 11.9 Å². The van der Waals surface area contributed by atoms with Gasteiger partial charge in [0.2, 0.25) is 0 Å². The van der Waals surface area contributed by atoms with Crippen molar-refractivity contribution >= 4 is 0 Å². The van der Waals surface area contributed by atoms with E-state index in [2.05, 4.69) is 24.1 Å². The molecule has 0 bridgehead atoms. The summed E-state index contributed by atoms with van der Waals surface area (Å²) in [6.07, 6.45) is 3.61. The molecule has 0 spiro atoms. The second-order valence-corrected chi connectivity index (χ2v) is 5.35. The number of benzene rings is 1. The summed E-state index contributed by atoms with van der Waals surface area (Å²) in [6.45, 7) is 7.25. The van der Waals surface area contributed by atoms with Gasteiger partial charge in [0.1, 0.15) is 5.82 Å². The zero-order valence-electron chi connectivity index (χ0n) is 12.6. The van der Waals surface area contributed by atoms with Gasteiger partial charge in [-0.1, -0.05) is 32.9 Å². The van der Waals surface area contributed by atoms with Crippen LogP contribution in [-0.2, 0) is 6.54 Å². The highest BCUT2D eigenvalue weighted by atomic mass is 19.2. The Kier molecular flexibility index (Phi) is 5.07. The average Bonchev–Trinajstić information content (AvgIpc) is 2.90. The maximum absolute atomic E-state index is 14.0. The van der Waals surface area contributed by atoms with E-state index in [1.165, 1.54) is 6.07 Å². The van der Waals surface area contributed by atoms with Gasteiger partial charge >= 0.3 is 0 Å². The number of nitrogens with one attached hydrogen (secondary N) is 1. The second kappa shape index (κ2) is 6.80. The van der Waals surface area contributed by atoms with E-state index >= 15 is 0 Å². The van der Waals surface area contributed by atoms with Crippen molar-refractivity contribution in [2.45, 2.75) is 39.3 Å². The Bertz CT molecular complexity index is 593. The molecule has 114 valence electrons. The molecular formula is C16H21F2N3. The highest BCUT2D eigenvalue weighted by molar-refractivity contribution is 5.22. The van der Waals surface area contributed by atoms with Crippen molar-refractivity contribution < 1.29 is 8.78 Å². The number of halogens is 2. The summed E-state index contributed by atoms with van der Waals surface area (Å²) in [6, 6.07) is 4.00. The molecule has 1 atom stereocenters. The Morgan fingerprint density at radius 1 is 1.29 bits per heavy atom. The minimum atomic E-state index is -0.815. The first-order valence-electron chi connectivity index (χ1n) is 7.22. The fourth-order valence-electron chi connectivity index (χ4n) is 2.48. The van der Waals surface area contributed by atoms with Crippen molar-refractivity contribution in [3.05, 3.63) is 53.6 Å². The zero-order chi connectivity index (χ0) is 15.4. The molecular weight excluding hydrogens is 272 g/mol. The quantitative estimate of drug-likeness (QED) is 0.881. The maximum atomic E-state index is 14.0. The van der Waals surface area contributed by atoms with Crippen LogP contribution in [0.5, 0.6) is 0 Å². The minimum Gasteiger partial charge on any atom is -0.333 e. The predicted octanol–water partition coefficient (Wildman–Crippen LogP) is 3.64. The molecule has 0 aliphatic rings. The number of nitrogens with zero attached hydrogens (tertiary/aromatic N) is 2. The van der Waals surface area contributed by atoms with Gasteiger partial charge in [0.25, 0.3) is 0 Å². The van der Waals surface area contributed by atoms with Crippen molar-refractivity contribution in [3.63, 3.8) is 0 Å². The van der Waals surface area contributed by atoms with E-state index in [0.29, 0.717) is 18.7 Å². The first-order valence-corrected chi connectivity index (χ1v) is 7.22. The topological polar surface area (TPSA) is 29.9 Å². The number of hydrogen-bond acceptors (Lipinski definition) is 2. The molecule has 0 fully saturated rings. The maximum Gasteiger partial charge on any atom is 0.163 e. The summed E-state index contributed by atoms with van der Waals surface area (Å²) in [5.41, 5.74) is 0.347. The zero-order valence-corrected chi connectivity index (χ0v) is 12.6. The summed E-state index contributed by atoms with van der Waals surface area (Å²) < 4.78 is 29.5. The Morgan fingerprint density at radius 3 is 2.71 bits per heavy atom. The molecule has 1 N–H and O–H groups in total. The van der Waals surface area contributed by atoms with Crippen molar-refractivity contribution in [3.8, 4) is 0 Å². The number of imidazole rings is 1. The fraction of sp³-hybridized carbons (Fsp3) is 0.438. The van der Waals surface area contributed by atoms with Crippen LogP contribution >= 0.6 is 0 Å². The van der Waals surface area contributed by atoms with Crippen LogP contribution in [0.4, 0.5) is 8.78 Å². The fourth-order valence-corrected chi connectivity index (χ4v) is 2.48. The van der Waals surface area contributed by atoms with Gasteiger partial charge in [0.05, 0.1) is 6.04 Å². The smallest absolute Gasteiger partial charge is 0.163 e. The first kappa shape index (κ1) is 15.6. The standard InChI is InChI=1S/C16H21F2N3/c1-4-19-14(12-6-5-7-13(17)15(12)18)10-21-9-8-20-16(21)11(2)3/h5-9,11,14,19H,4,10H2,1-3H3. The van der Waals surface area contributed by atoms with E-state index in [1.807, 2.05) is 17.7 Å². The molecule has 0 aliphatic carbocycles. The molecule has 1 unspecified atom stereocenters. The van der Waals surface area contributed by atoms with Gasteiger partial charge in [-0.3, -0.25) is 0 Å². The average molecular weight is 293 g/mol. The Labute approximate surface area is 124 Å². The molecule has 3 nitrogen and oxygen atoms in total. The number of likely N-dealkylation sites (N-methyl/N-ethyl adjacent to an activating group) is 1. The van der Waals surface area contributed by atoms with Crippen LogP contribution < -0.4 is 5.32 Å². The van der Waals surface area contributed by atoms with E-state index in [4.69, 9.17) is 0 Å². The molecule has 2 aromatic rings. The SMILES string of the molecule is CCNC(Cn1ccnc1C(C)C)c1cccc(F)c1F. The lowest BCUT2D eigenvalue weighted by Crippen LogP contribution is -2.27. The van der Waals surface area contributed by atoms with Gasteiger partial charge in [-0.05, 0) is 12.6 Å². The molecule has 5 heteroatoms. The molecule has 1 aromatic heterocycles. The van der Waals surface area contributed by atoms with E-state index < -0.39 is 11.6 Å².